The fraction of sp³-hybridized carbons (Fsp3) is 0.222. The van der Waals surface area contributed by atoms with Gasteiger partial charge in [-0.1, -0.05) is 30.3 Å². The van der Waals surface area contributed by atoms with E-state index in [9.17, 15) is 10.2 Å². The van der Waals surface area contributed by atoms with E-state index in [0.29, 0.717) is 6.54 Å². The first-order valence-corrected chi connectivity index (χ1v) is 7.38. The van der Waals surface area contributed by atoms with Gasteiger partial charge in [0.15, 0.2) is 0 Å². The topological polar surface area (TPSA) is 57.4 Å². The summed E-state index contributed by atoms with van der Waals surface area (Å²) in [6.07, 6.45) is 1.40. The Morgan fingerprint density at radius 1 is 1.09 bits per heavy atom. The molecule has 1 aromatic heterocycles. The van der Waals surface area contributed by atoms with Gasteiger partial charge < -0.3 is 20.1 Å². The zero-order valence-corrected chi connectivity index (χ0v) is 13.7. The molecule has 0 bridgehead atoms. The Labute approximate surface area is 141 Å². The predicted octanol–water partition coefficient (Wildman–Crippen LogP) is 2.94. The fourth-order valence-corrected chi connectivity index (χ4v) is 2.93. The van der Waals surface area contributed by atoms with Crippen LogP contribution in [0.1, 0.15) is 11.6 Å². The van der Waals surface area contributed by atoms with E-state index in [1.807, 2.05) is 55.7 Å². The number of halogens is 1. The van der Waals surface area contributed by atoms with Crippen LogP contribution in [0.4, 0.5) is 0 Å². The van der Waals surface area contributed by atoms with Crippen molar-refractivity contribution in [3.8, 4) is 5.75 Å². The lowest BCUT2D eigenvalue weighted by Gasteiger charge is -2.26. The minimum absolute atomic E-state index is 0. The third-order valence-electron chi connectivity index (χ3n) is 3.92. The number of aliphatic hydroxyl groups is 1. The Bertz CT molecular complexity index is 758. The van der Waals surface area contributed by atoms with E-state index in [1.54, 1.807) is 12.1 Å². The molecule has 122 valence electrons. The number of phenols is 1. The summed E-state index contributed by atoms with van der Waals surface area (Å²) >= 11 is 0. The Balaban J connectivity index is 0.00000192. The first-order chi connectivity index (χ1) is 10.7. The summed E-state index contributed by atoms with van der Waals surface area (Å²) in [6.45, 7) is 0.497. The number of hydrogen-bond donors (Lipinski definition) is 3. The van der Waals surface area contributed by atoms with Crippen LogP contribution >= 0.6 is 12.4 Å². The monoisotopic (exact) mass is 332 g/mol. The van der Waals surface area contributed by atoms with Gasteiger partial charge in [0.25, 0.3) is 0 Å². The lowest BCUT2D eigenvalue weighted by atomic mass is 10.0. The third kappa shape index (κ3) is 3.50. The molecule has 3 rings (SSSR count). The van der Waals surface area contributed by atoms with Gasteiger partial charge in [-0.05, 0) is 36.9 Å². The molecular formula is C18H21ClN2O2. The molecule has 0 amide bonds. The van der Waals surface area contributed by atoms with Gasteiger partial charge in [0, 0.05) is 23.6 Å². The second kappa shape index (κ2) is 7.51. The zero-order chi connectivity index (χ0) is 15.5. The van der Waals surface area contributed by atoms with Crippen molar-refractivity contribution in [1.82, 2.24) is 9.88 Å². The van der Waals surface area contributed by atoms with Crippen molar-refractivity contribution in [3.63, 3.8) is 0 Å². The number of benzene rings is 2. The van der Waals surface area contributed by atoms with Gasteiger partial charge in [0.05, 0.1) is 12.1 Å². The summed E-state index contributed by atoms with van der Waals surface area (Å²) in [6, 6.07) is 17.0. The lowest BCUT2D eigenvalue weighted by Crippen LogP contribution is -2.33. The molecule has 0 fully saturated rings. The van der Waals surface area contributed by atoms with Crippen molar-refractivity contribution < 1.29 is 10.2 Å². The van der Waals surface area contributed by atoms with E-state index in [4.69, 9.17) is 0 Å². The van der Waals surface area contributed by atoms with Crippen LogP contribution in [0.25, 0.3) is 10.9 Å². The zero-order valence-electron chi connectivity index (χ0n) is 12.9. The molecule has 0 unspecified atom stereocenters. The summed E-state index contributed by atoms with van der Waals surface area (Å²) in [5.74, 6) is 0.247. The van der Waals surface area contributed by atoms with Crippen LogP contribution in [0, 0.1) is 0 Å². The Kier molecular flexibility index (Phi) is 5.66. The van der Waals surface area contributed by atoms with Crippen LogP contribution in [0.15, 0.2) is 60.8 Å². The minimum atomic E-state index is -0.559. The normalized spacial score (nSPS) is 13.5. The van der Waals surface area contributed by atoms with E-state index in [1.165, 1.54) is 0 Å². The SMILES string of the molecule is CNC[C@H](O)[C@H](c1ccccc1)n1ccc2cc(O)ccc21.Cl. The van der Waals surface area contributed by atoms with Gasteiger partial charge in [0.2, 0.25) is 0 Å². The van der Waals surface area contributed by atoms with Gasteiger partial charge in [-0.15, -0.1) is 12.4 Å². The predicted molar refractivity (Wildman–Crippen MR) is 95.4 cm³/mol. The highest BCUT2D eigenvalue weighted by atomic mass is 35.5. The number of aromatic nitrogens is 1. The molecule has 2 atom stereocenters. The highest BCUT2D eigenvalue weighted by Gasteiger charge is 2.23. The van der Waals surface area contributed by atoms with Crippen molar-refractivity contribution in [2.45, 2.75) is 12.1 Å². The smallest absolute Gasteiger partial charge is 0.116 e. The summed E-state index contributed by atoms with van der Waals surface area (Å²) in [7, 11) is 1.83. The van der Waals surface area contributed by atoms with Crippen molar-refractivity contribution >= 4 is 23.3 Å². The molecule has 0 aliphatic carbocycles. The Morgan fingerprint density at radius 2 is 1.83 bits per heavy atom. The first kappa shape index (κ1) is 17.3. The molecule has 23 heavy (non-hydrogen) atoms. The van der Waals surface area contributed by atoms with Gasteiger partial charge in [0.1, 0.15) is 5.75 Å². The first-order valence-electron chi connectivity index (χ1n) is 7.38. The van der Waals surface area contributed by atoms with Crippen LogP contribution in [0.3, 0.4) is 0 Å². The molecule has 0 aliphatic rings. The summed E-state index contributed by atoms with van der Waals surface area (Å²) in [4.78, 5) is 0. The molecule has 3 N–H and O–H groups in total. The molecule has 0 spiro atoms. The molecular weight excluding hydrogens is 312 g/mol. The number of nitrogens with one attached hydrogen (secondary N) is 1. The number of nitrogens with zero attached hydrogens (tertiary/aromatic N) is 1. The van der Waals surface area contributed by atoms with E-state index in [-0.39, 0.29) is 24.2 Å². The molecule has 3 aromatic rings. The van der Waals surface area contributed by atoms with Gasteiger partial charge >= 0.3 is 0 Å². The molecule has 0 saturated heterocycles. The van der Waals surface area contributed by atoms with Crippen LogP contribution in [-0.2, 0) is 0 Å². The fourth-order valence-electron chi connectivity index (χ4n) is 2.93. The highest BCUT2D eigenvalue weighted by molar-refractivity contribution is 5.85. The van der Waals surface area contributed by atoms with Crippen molar-refractivity contribution in [2.24, 2.45) is 0 Å². The summed E-state index contributed by atoms with van der Waals surface area (Å²) in [5, 5.41) is 24.2. The second-order valence-corrected chi connectivity index (χ2v) is 5.45. The number of hydrogen-bond acceptors (Lipinski definition) is 3. The van der Waals surface area contributed by atoms with Crippen LogP contribution in [0.2, 0.25) is 0 Å². The van der Waals surface area contributed by atoms with Crippen molar-refractivity contribution in [3.05, 3.63) is 66.4 Å². The van der Waals surface area contributed by atoms with Crippen LogP contribution < -0.4 is 5.32 Å². The second-order valence-electron chi connectivity index (χ2n) is 5.45. The molecule has 0 aliphatic heterocycles. The van der Waals surface area contributed by atoms with Gasteiger partial charge in [-0.3, -0.25) is 0 Å². The maximum Gasteiger partial charge on any atom is 0.116 e. The van der Waals surface area contributed by atoms with Gasteiger partial charge in [-0.25, -0.2) is 0 Å². The molecule has 2 aromatic carbocycles. The average Bonchev–Trinajstić information content (AvgIpc) is 2.92. The largest absolute Gasteiger partial charge is 0.508 e. The molecule has 0 radical (unpaired) electrons. The number of phenolic OH excluding ortho intramolecular Hbond substituents is 1. The number of aromatic hydroxyl groups is 1. The van der Waals surface area contributed by atoms with Crippen molar-refractivity contribution in [2.75, 3.05) is 13.6 Å². The standard InChI is InChI=1S/C18H20N2O2.ClH/c1-19-12-17(22)18(13-5-3-2-4-6-13)20-10-9-14-11-15(21)7-8-16(14)20;/h2-11,17-19,21-22H,12H2,1H3;1H/t17-,18-;/m0./s1. The van der Waals surface area contributed by atoms with Crippen LogP contribution in [0.5, 0.6) is 5.75 Å². The number of rotatable bonds is 5. The molecule has 5 heteroatoms. The average molecular weight is 333 g/mol. The molecule has 4 nitrogen and oxygen atoms in total. The molecule has 0 saturated carbocycles. The quantitative estimate of drug-likeness (QED) is 0.673. The Morgan fingerprint density at radius 3 is 2.52 bits per heavy atom. The minimum Gasteiger partial charge on any atom is -0.508 e. The summed E-state index contributed by atoms with van der Waals surface area (Å²) < 4.78 is 2.06. The van der Waals surface area contributed by atoms with E-state index in [0.717, 1.165) is 16.5 Å². The Hall–Kier alpha value is -2.01. The van der Waals surface area contributed by atoms with E-state index < -0.39 is 6.10 Å². The van der Waals surface area contributed by atoms with E-state index in [2.05, 4.69) is 9.88 Å². The summed E-state index contributed by atoms with van der Waals surface area (Å²) in [5.41, 5.74) is 2.04. The van der Waals surface area contributed by atoms with Gasteiger partial charge in [-0.2, -0.15) is 0 Å². The van der Waals surface area contributed by atoms with Crippen molar-refractivity contribution in [1.29, 1.82) is 0 Å². The van der Waals surface area contributed by atoms with E-state index >= 15 is 0 Å². The highest BCUT2D eigenvalue weighted by Crippen LogP contribution is 2.29. The maximum absolute atomic E-state index is 10.6. The molecule has 1 heterocycles. The number of aliphatic hydroxyl groups excluding tert-OH is 1. The maximum atomic E-state index is 10.6. The number of likely N-dealkylation sites (N-methyl/N-ethyl adjacent to an activating group) is 1. The number of fused-ring (bicyclic) bond motifs is 1. The van der Waals surface area contributed by atoms with Crippen LogP contribution in [-0.4, -0.2) is 34.5 Å². The third-order valence-corrected chi connectivity index (χ3v) is 3.92. The lowest BCUT2D eigenvalue weighted by molar-refractivity contribution is 0.132.